The number of hydrogen-bond donors (Lipinski definition) is 0. The molecule has 1 fully saturated rings. The first-order chi connectivity index (χ1) is 6.96. The zero-order valence-electron chi connectivity index (χ0n) is 10.5. The molecule has 88 valence electrons. The number of esters is 1. The van der Waals surface area contributed by atoms with E-state index in [0.717, 1.165) is 6.42 Å². The van der Waals surface area contributed by atoms with E-state index in [9.17, 15) is 4.79 Å². The number of rotatable bonds is 5. The fourth-order valence-corrected chi connectivity index (χ4v) is 2.19. The number of ether oxygens (including phenoxy) is 1. The molecular formula is C13H24O2. The summed E-state index contributed by atoms with van der Waals surface area (Å²) in [5.41, 5.74) is 0.101. The molecular weight excluding hydrogens is 188 g/mol. The minimum absolute atomic E-state index is 0.0198. The van der Waals surface area contributed by atoms with Crippen LogP contribution in [0.1, 0.15) is 59.8 Å². The van der Waals surface area contributed by atoms with Gasteiger partial charge in [-0.25, -0.2) is 0 Å². The first-order valence-electron chi connectivity index (χ1n) is 6.17. The van der Waals surface area contributed by atoms with Crippen LogP contribution in [-0.2, 0) is 9.53 Å². The Labute approximate surface area is 93.4 Å². The number of carbonyl (C=O) groups excluding carboxylic acids is 1. The van der Waals surface area contributed by atoms with Crippen molar-refractivity contribution in [1.82, 2.24) is 0 Å². The third kappa shape index (κ3) is 3.22. The maximum atomic E-state index is 11.3. The Hall–Kier alpha value is -0.530. The van der Waals surface area contributed by atoms with E-state index in [2.05, 4.69) is 27.7 Å². The molecule has 2 nitrogen and oxygen atoms in total. The molecule has 1 saturated heterocycles. The quantitative estimate of drug-likeness (QED) is 0.514. The maximum absolute atomic E-state index is 11.3. The first kappa shape index (κ1) is 12.5. The lowest BCUT2D eigenvalue weighted by Gasteiger charge is -2.43. The minimum Gasteiger partial charge on any atom is -0.461 e. The molecule has 15 heavy (non-hydrogen) atoms. The van der Waals surface area contributed by atoms with Crippen LogP contribution in [0.3, 0.4) is 0 Å². The average Bonchev–Trinajstić information content (AvgIpc) is 2.12. The molecule has 0 amide bonds. The van der Waals surface area contributed by atoms with Crippen LogP contribution in [0, 0.1) is 11.3 Å². The van der Waals surface area contributed by atoms with Crippen LogP contribution >= 0.6 is 0 Å². The van der Waals surface area contributed by atoms with Crippen molar-refractivity contribution in [1.29, 1.82) is 0 Å². The first-order valence-corrected chi connectivity index (χ1v) is 6.17. The van der Waals surface area contributed by atoms with Crippen LogP contribution in [0.25, 0.3) is 0 Å². The molecule has 0 aromatic heterocycles. The molecule has 0 unspecified atom stereocenters. The van der Waals surface area contributed by atoms with Gasteiger partial charge in [0, 0.05) is 0 Å². The fraction of sp³-hybridized carbons (Fsp3) is 0.923. The van der Waals surface area contributed by atoms with Gasteiger partial charge >= 0.3 is 5.97 Å². The second-order valence-electron chi connectivity index (χ2n) is 5.68. The van der Waals surface area contributed by atoms with Crippen molar-refractivity contribution in [2.75, 3.05) is 0 Å². The van der Waals surface area contributed by atoms with Gasteiger partial charge in [-0.05, 0) is 11.8 Å². The summed E-state index contributed by atoms with van der Waals surface area (Å²) >= 11 is 0. The van der Waals surface area contributed by atoms with Crippen molar-refractivity contribution in [3.05, 3.63) is 0 Å². The highest BCUT2D eigenvalue weighted by Gasteiger charge is 2.47. The zero-order valence-corrected chi connectivity index (χ0v) is 10.5. The smallest absolute Gasteiger partial charge is 0.313 e. The van der Waals surface area contributed by atoms with Crippen molar-refractivity contribution in [2.24, 2.45) is 11.3 Å². The SMILES string of the molecule is CCCCCC[C@H]1C(=O)O[C@H]1C(C)(C)C. The number of hydrogen-bond acceptors (Lipinski definition) is 2. The maximum Gasteiger partial charge on any atom is 0.313 e. The Morgan fingerprint density at radius 2 is 1.87 bits per heavy atom. The lowest BCUT2D eigenvalue weighted by molar-refractivity contribution is -0.199. The Bertz CT molecular complexity index is 215. The Morgan fingerprint density at radius 3 is 2.33 bits per heavy atom. The van der Waals surface area contributed by atoms with E-state index >= 15 is 0 Å². The molecule has 0 aromatic rings. The van der Waals surface area contributed by atoms with Gasteiger partial charge in [-0.15, -0.1) is 0 Å². The summed E-state index contributed by atoms with van der Waals surface area (Å²) < 4.78 is 5.23. The summed E-state index contributed by atoms with van der Waals surface area (Å²) in [6, 6.07) is 0. The highest BCUT2D eigenvalue weighted by Crippen LogP contribution is 2.39. The third-order valence-electron chi connectivity index (χ3n) is 3.13. The van der Waals surface area contributed by atoms with Crippen LogP contribution in [0.5, 0.6) is 0 Å². The normalized spacial score (nSPS) is 26.0. The van der Waals surface area contributed by atoms with Crippen molar-refractivity contribution < 1.29 is 9.53 Å². The summed E-state index contributed by atoms with van der Waals surface area (Å²) in [5, 5.41) is 0. The minimum atomic E-state index is 0.0198. The van der Waals surface area contributed by atoms with Crippen LogP contribution in [-0.4, -0.2) is 12.1 Å². The van der Waals surface area contributed by atoms with Gasteiger partial charge in [0.25, 0.3) is 0 Å². The predicted molar refractivity (Wildman–Crippen MR) is 61.6 cm³/mol. The molecule has 2 atom stereocenters. The number of cyclic esters (lactones) is 1. The average molecular weight is 212 g/mol. The molecule has 2 heteroatoms. The van der Waals surface area contributed by atoms with Gasteiger partial charge in [0.2, 0.25) is 0 Å². The van der Waals surface area contributed by atoms with Gasteiger partial charge in [0.15, 0.2) is 0 Å². The van der Waals surface area contributed by atoms with Gasteiger partial charge < -0.3 is 4.74 Å². The van der Waals surface area contributed by atoms with Crippen LogP contribution < -0.4 is 0 Å². The summed E-state index contributed by atoms with van der Waals surface area (Å²) in [6.07, 6.45) is 6.10. The van der Waals surface area contributed by atoms with E-state index in [4.69, 9.17) is 4.74 Å². The van der Waals surface area contributed by atoms with E-state index in [1.807, 2.05) is 0 Å². The van der Waals surface area contributed by atoms with Crippen molar-refractivity contribution >= 4 is 5.97 Å². The molecule has 0 radical (unpaired) electrons. The zero-order chi connectivity index (χ0) is 11.5. The topological polar surface area (TPSA) is 26.3 Å². The Morgan fingerprint density at radius 1 is 1.20 bits per heavy atom. The summed E-state index contributed by atoms with van der Waals surface area (Å²) in [6.45, 7) is 8.63. The molecule has 0 saturated carbocycles. The van der Waals surface area contributed by atoms with Crippen molar-refractivity contribution in [2.45, 2.75) is 65.9 Å². The van der Waals surface area contributed by atoms with E-state index in [1.165, 1.54) is 25.7 Å². The Balaban J connectivity index is 2.30. The number of carbonyl (C=O) groups is 1. The van der Waals surface area contributed by atoms with Gasteiger partial charge in [0.1, 0.15) is 6.10 Å². The molecule has 1 rings (SSSR count). The monoisotopic (exact) mass is 212 g/mol. The number of unbranched alkanes of at least 4 members (excludes halogenated alkanes) is 3. The van der Waals surface area contributed by atoms with Gasteiger partial charge in [-0.3, -0.25) is 4.79 Å². The van der Waals surface area contributed by atoms with E-state index < -0.39 is 0 Å². The molecule has 1 heterocycles. The highest BCUT2D eigenvalue weighted by molar-refractivity contribution is 5.78. The van der Waals surface area contributed by atoms with Crippen LogP contribution in [0.15, 0.2) is 0 Å². The van der Waals surface area contributed by atoms with E-state index in [-0.39, 0.29) is 23.4 Å². The van der Waals surface area contributed by atoms with Gasteiger partial charge in [0.05, 0.1) is 5.92 Å². The second kappa shape index (κ2) is 5.00. The largest absolute Gasteiger partial charge is 0.461 e. The van der Waals surface area contributed by atoms with Crippen LogP contribution in [0.2, 0.25) is 0 Å². The summed E-state index contributed by atoms with van der Waals surface area (Å²) in [4.78, 5) is 11.3. The highest BCUT2D eigenvalue weighted by atomic mass is 16.6. The molecule has 0 aromatic carbocycles. The molecule has 1 aliphatic heterocycles. The summed E-state index contributed by atoms with van der Waals surface area (Å²) in [5.74, 6) is 0.188. The lowest BCUT2D eigenvalue weighted by atomic mass is 9.76. The molecule has 0 bridgehead atoms. The lowest BCUT2D eigenvalue weighted by Crippen LogP contribution is -2.52. The molecule has 0 spiro atoms. The molecule has 0 aliphatic carbocycles. The van der Waals surface area contributed by atoms with E-state index in [0.29, 0.717) is 0 Å². The van der Waals surface area contributed by atoms with Crippen LogP contribution in [0.4, 0.5) is 0 Å². The van der Waals surface area contributed by atoms with Gasteiger partial charge in [-0.2, -0.15) is 0 Å². The van der Waals surface area contributed by atoms with Crippen molar-refractivity contribution in [3.8, 4) is 0 Å². The van der Waals surface area contributed by atoms with Crippen molar-refractivity contribution in [3.63, 3.8) is 0 Å². The van der Waals surface area contributed by atoms with E-state index in [1.54, 1.807) is 0 Å². The fourth-order valence-electron chi connectivity index (χ4n) is 2.19. The second-order valence-corrected chi connectivity index (χ2v) is 5.68. The summed E-state index contributed by atoms with van der Waals surface area (Å²) in [7, 11) is 0. The van der Waals surface area contributed by atoms with Gasteiger partial charge in [-0.1, -0.05) is 53.4 Å². The Kier molecular flexibility index (Phi) is 4.18. The molecule has 1 aliphatic rings. The predicted octanol–water partition coefficient (Wildman–Crippen LogP) is 3.54. The third-order valence-corrected chi connectivity index (χ3v) is 3.13. The molecule has 0 N–H and O–H groups in total. The standard InChI is InChI=1S/C13H24O2/c1-5-6-7-8-9-10-11(13(2,3)4)15-12(10)14/h10-11H,5-9H2,1-4H3/t10-,11-/m1/s1.